The van der Waals surface area contributed by atoms with Crippen molar-refractivity contribution >= 4 is 23.4 Å². The second-order valence-corrected chi connectivity index (χ2v) is 6.90. The lowest BCUT2D eigenvalue weighted by molar-refractivity contribution is -0.130. The summed E-state index contributed by atoms with van der Waals surface area (Å²) in [5, 5.41) is 3.59. The molecule has 2 rings (SSSR count). The molecule has 1 aromatic rings. The first-order valence-electron chi connectivity index (χ1n) is 9.00. The highest BCUT2D eigenvalue weighted by molar-refractivity contribution is 6.31. The number of amides is 2. The van der Waals surface area contributed by atoms with Crippen LogP contribution < -0.4 is 5.32 Å². The molecule has 0 saturated heterocycles. The fourth-order valence-electron chi connectivity index (χ4n) is 3.00. The number of carbonyl (C=O) groups is 2. The Labute approximate surface area is 155 Å². The molecule has 25 heavy (non-hydrogen) atoms. The van der Waals surface area contributed by atoms with Crippen molar-refractivity contribution in [1.29, 1.82) is 0 Å². The molecule has 0 spiro atoms. The van der Waals surface area contributed by atoms with E-state index in [1.165, 1.54) is 31.8 Å². The number of halogens is 1. The lowest BCUT2D eigenvalue weighted by Crippen LogP contribution is -2.34. The van der Waals surface area contributed by atoms with E-state index in [0.29, 0.717) is 31.1 Å². The summed E-state index contributed by atoms with van der Waals surface area (Å²) >= 11 is 6.16. The quantitative estimate of drug-likeness (QED) is 0.708. The summed E-state index contributed by atoms with van der Waals surface area (Å²) in [5.74, 6) is -0.0677. The molecule has 136 valence electrons. The maximum absolute atomic E-state index is 12.0. The van der Waals surface area contributed by atoms with Crippen LogP contribution in [0.4, 0.5) is 0 Å². The van der Waals surface area contributed by atoms with Crippen LogP contribution in [-0.4, -0.2) is 29.8 Å². The number of hydrogen-bond donors (Lipinski definition) is 1. The van der Waals surface area contributed by atoms with Crippen LogP contribution in [0.15, 0.2) is 35.9 Å². The lowest BCUT2D eigenvalue weighted by atomic mass is 9.97. The van der Waals surface area contributed by atoms with Crippen LogP contribution in [-0.2, 0) is 16.1 Å². The van der Waals surface area contributed by atoms with Crippen molar-refractivity contribution in [2.75, 3.05) is 13.1 Å². The number of benzene rings is 1. The number of nitrogens with one attached hydrogen (secondary N) is 1. The maximum Gasteiger partial charge on any atom is 0.221 e. The molecule has 0 atom stereocenters. The molecule has 1 aliphatic rings. The van der Waals surface area contributed by atoms with Crippen molar-refractivity contribution < 1.29 is 9.59 Å². The Morgan fingerprint density at radius 3 is 2.72 bits per heavy atom. The molecule has 1 N–H and O–H groups in total. The topological polar surface area (TPSA) is 49.4 Å². The van der Waals surface area contributed by atoms with Gasteiger partial charge in [-0.2, -0.15) is 0 Å². The van der Waals surface area contributed by atoms with Gasteiger partial charge in [0.25, 0.3) is 0 Å². The highest BCUT2D eigenvalue weighted by Crippen LogP contribution is 2.19. The van der Waals surface area contributed by atoms with Crippen molar-refractivity contribution in [3.63, 3.8) is 0 Å². The van der Waals surface area contributed by atoms with E-state index >= 15 is 0 Å². The zero-order valence-electron chi connectivity index (χ0n) is 14.9. The number of hydrogen-bond acceptors (Lipinski definition) is 2. The van der Waals surface area contributed by atoms with Crippen molar-refractivity contribution in [3.05, 3.63) is 46.5 Å². The molecule has 0 fully saturated rings. The van der Waals surface area contributed by atoms with Gasteiger partial charge >= 0.3 is 0 Å². The predicted octanol–water partition coefficient (Wildman–Crippen LogP) is 4.09. The van der Waals surface area contributed by atoms with Crippen LogP contribution in [0, 0.1) is 0 Å². The Morgan fingerprint density at radius 2 is 2.04 bits per heavy atom. The van der Waals surface area contributed by atoms with E-state index in [1.54, 1.807) is 4.90 Å². The molecule has 0 radical (unpaired) electrons. The third kappa shape index (κ3) is 6.91. The minimum Gasteiger partial charge on any atom is -0.356 e. The fraction of sp³-hybridized carbons (Fsp3) is 0.500. The van der Waals surface area contributed by atoms with Gasteiger partial charge in [0.15, 0.2) is 0 Å². The molecule has 0 unspecified atom stereocenters. The molecular weight excluding hydrogens is 336 g/mol. The average molecular weight is 363 g/mol. The standard InChI is InChI=1S/C20H27ClN2O2/c1-16(24)23(15-18-9-5-6-10-19(18)21)14-12-20(25)22-13-11-17-7-3-2-4-8-17/h5-7,9-10H,2-4,8,11-15H2,1H3,(H,22,25). The second-order valence-electron chi connectivity index (χ2n) is 6.49. The van der Waals surface area contributed by atoms with E-state index in [-0.39, 0.29) is 11.8 Å². The smallest absolute Gasteiger partial charge is 0.221 e. The zero-order valence-corrected chi connectivity index (χ0v) is 15.6. The van der Waals surface area contributed by atoms with E-state index in [4.69, 9.17) is 11.6 Å². The van der Waals surface area contributed by atoms with E-state index in [1.807, 2.05) is 24.3 Å². The Morgan fingerprint density at radius 1 is 1.24 bits per heavy atom. The summed E-state index contributed by atoms with van der Waals surface area (Å²) in [7, 11) is 0. The first kappa shape index (κ1) is 19.5. The van der Waals surface area contributed by atoms with Crippen molar-refractivity contribution in [2.45, 2.75) is 52.0 Å². The second kappa shape index (κ2) is 10.2. The zero-order chi connectivity index (χ0) is 18.1. The predicted molar refractivity (Wildman–Crippen MR) is 101 cm³/mol. The maximum atomic E-state index is 12.0. The fourth-order valence-corrected chi connectivity index (χ4v) is 3.19. The van der Waals surface area contributed by atoms with E-state index in [2.05, 4.69) is 11.4 Å². The monoisotopic (exact) mass is 362 g/mol. The van der Waals surface area contributed by atoms with Gasteiger partial charge in [-0.1, -0.05) is 41.4 Å². The average Bonchev–Trinajstić information content (AvgIpc) is 2.60. The summed E-state index contributed by atoms with van der Waals surface area (Å²) in [5.41, 5.74) is 2.35. The van der Waals surface area contributed by atoms with E-state index < -0.39 is 0 Å². The summed E-state index contributed by atoms with van der Waals surface area (Å²) < 4.78 is 0. The van der Waals surface area contributed by atoms with Gasteiger partial charge in [-0.15, -0.1) is 0 Å². The largest absolute Gasteiger partial charge is 0.356 e. The SMILES string of the molecule is CC(=O)N(CCC(=O)NCCC1=CCCCC1)Cc1ccccc1Cl. The molecule has 5 heteroatoms. The van der Waals surface area contributed by atoms with Gasteiger partial charge in [-0.05, 0) is 43.7 Å². The third-order valence-corrected chi connectivity index (χ3v) is 4.90. The minimum absolute atomic E-state index is 0.0122. The van der Waals surface area contributed by atoms with Gasteiger partial charge in [-0.25, -0.2) is 0 Å². The van der Waals surface area contributed by atoms with Gasteiger partial charge in [0.1, 0.15) is 0 Å². The van der Waals surface area contributed by atoms with Crippen LogP contribution in [0.5, 0.6) is 0 Å². The highest BCUT2D eigenvalue weighted by Gasteiger charge is 2.13. The Hall–Kier alpha value is -1.81. The first-order chi connectivity index (χ1) is 12.1. The van der Waals surface area contributed by atoms with Crippen LogP contribution in [0.3, 0.4) is 0 Å². The molecule has 1 aliphatic carbocycles. The van der Waals surface area contributed by atoms with Crippen LogP contribution >= 0.6 is 11.6 Å². The summed E-state index contributed by atoms with van der Waals surface area (Å²) in [4.78, 5) is 25.5. The summed E-state index contributed by atoms with van der Waals surface area (Å²) in [6.45, 7) is 3.02. The van der Waals surface area contributed by atoms with E-state index in [0.717, 1.165) is 18.4 Å². The van der Waals surface area contributed by atoms with E-state index in [9.17, 15) is 9.59 Å². The number of allylic oxidation sites excluding steroid dienone is 1. The number of nitrogens with zero attached hydrogens (tertiary/aromatic N) is 1. The van der Waals surface area contributed by atoms with Crippen molar-refractivity contribution in [3.8, 4) is 0 Å². The Bertz CT molecular complexity index is 628. The molecule has 4 nitrogen and oxygen atoms in total. The van der Waals surface area contributed by atoms with Gasteiger partial charge in [-0.3, -0.25) is 9.59 Å². The molecule has 0 bridgehead atoms. The minimum atomic E-state index is -0.0555. The number of rotatable bonds is 8. The Kier molecular flexibility index (Phi) is 7.99. The molecule has 0 heterocycles. The lowest BCUT2D eigenvalue weighted by Gasteiger charge is -2.21. The van der Waals surface area contributed by atoms with Crippen LogP contribution in [0.2, 0.25) is 5.02 Å². The van der Waals surface area contributed by atoms with Crippen LogP contribution in [0.25, 0.3) is 0 Å². The molecule has 0 aromatic heterocycles. The first-order valence-corrected chi connectivity index (χ1v) is 9.37. The van der Waals surface area contributed by atoms with Gasteiger partial charge in [0.05, 0.1) is 0 Å². The van der Waals surface area contributed by atoms with Crippen molar-refractivity contribution in [2.24, 2.45) is 0 Å². The summed E-state index contributed by atoms with van der Waals surface area (Å²) in [6, 6.07) is 7.46. The highest BCUT2D eigenvalue weighted by atomic mass is 35.5. The third-order valence-electron chi connectivity index (χ3n) is 4.53. The van der Waals surface area contributed by atoms with Gasteiger partial charge in [0.2, 0.25) is 11.8 Å². The summed E-state index contributed by atoms with van der Waals surface area (Å²) in [6.07, 6.45) is 8.41. The molecule has 0 saturated carbocycles. The van der Waals surface area contributed by atoms with Gasteiger partial charge < -0.3 is 10.2 Å². The molecule has 0 aliphatic heterocycles. The van der Waals surface area contributed by atoms with Crippen LogP contribution in [0.1, 0.15) is 51.0 Å². The normalized spacial score (nSPS) is 13.9. The van der Waals surface area contributed by atoms with Gasteiger partial charge in [0, 0.05) is 38.0 Å². The molecule has 2 amide bonds. The number of carbonyl (C=O) groups excluding carboxylic acids is 2. The molecule has 1 aromatic carbocycles. The van der Waals surface area contributed by atoms with Crippen molar-refractivity contribution in [1.82, 2.24) is 10.2 Å². The Balaban J connectivity index is 1.74. The molecular formula is C20H27ClN2O2.